The lowest BCUT2D eigenvalue weighted by atomic mass is 9.85. The number of carboxylic acids is 1. The summed E-state index contributed by atoms with van der Waals surface area (Å²) < 4.78 is 13.2. The van der Waals surface area contributed by atoms with Crippen molar-refractivity contribution >= 4 is 11.9 Å². The second kappa shape index (κ2) is 5.23. The van der Waals surface area contributed by atoms with Gasteiger partial charge >= 0.3 is 5.97 Å². The number of halogens is 1. The standard InChI is InChI=1S/C15H18FNO3/c1-9-8-10(5-6-11(9)16)13(18)17-12-4-3-7-15(12,2)14(19)20/h5-6,8,12H,3-4,7H2,1-2H3,(H,17,18)(H,19,20). The zero-order chi connectivity index (χ0) is 14.9. The van der Waals surface area contributed by atoms with E-state index in [0.717, 1.165) is 6.42 Å². The summed E-state index contributed by atoms with van der Waals surface area (Å²) in [6.07, 6.45) is 1.97. The molecule has 0 aliphatic heterocycles. The Balaban J connectivity index is 2.15. The molecule has 1 amide bonds. The minimum Gasteiger partial charge on any atom is -0.481 e. The van der Waals surface area contributed by atoms with E-state index in [1.165, 1.54) is 18.2 Å². The molecule has 0 spiro atoms. The molecule has 2 unspecified atom stereocenters. The number of hydrogen-bond donors (Lipinski definition) is 2. The first-order chi connectivity index (χ1) is 9.34. The maximum atomic E-state index is 13.2. The van der Waals surface area contributed by atoms with E-state index in [-0.39, 0.29) is 11.7 Å². The van der Waals surface area contributed by atoms with Crippen LogP contribution in [-0.4, -0.2) is 23.0 Å². The molecule has 2 atom stereocenters. The van der Waals surface area contributed by atoms with E-state index in [1.54, 1.807) is 13.8 Å². The fourth-order valence-corrected chi connectivity index (χ4v) is 2.68. The Kier molecular flexibility index (Phi) is 3.79. The number of hydrogen-bond acceptors (Lipinski definition) is 2. The molecule has 0 saturated heterocycles. The van der Waals surface area contributed by atoms with Gasteiger partial charge in [-0.1, -0.05) is 6.42 Å². The molecule has 2 N–H and O–H groups in total. The number of carbonyl (C=O) groups excluding carboxylic acids is 1. The average molecular weight is 279 g/mol. The van der Waals surface area contributed by atoms with Crippen LogP contribution in [0.3, 0.4) is 0 Å². The van der Waals surface area contributed by atoms with Gasteiger partial charge in [0.1, 0.15) is 5.82 Å². The van der Waals surface area contributed by atoms with Gasteiger partial charge in [0.25, 0.3) is 5.91 Å². The number of carbonyl (C=O) groups is 2. The third-order valence-electron chi connectivity index (χ3n) is 4.17. The van der Waals surface area contributed by atoms with E-state index < -0.39 is 17.4 Å². The molecule has 108 valence electrons. The van der Waals surface area contributed by atoms with Crippen molar-refractivity contribution in [3.05, 3.63) is 35.1 Å². The summed E-state index contributed by atoms with van der Waals surface area (Å²) >= 11 is 0. The fraction of sp³-hybridized carbons (Fsp3) is 0.467. The molecule has 4 nitrogen and oxygen atoms in total. The highest BCUT2D eigenvalue weighted by atomic mass is 19.1. The molecule has 20 heavy (non-hydrogen) atoms. The first-order valence-corrected chi connectivity index (χ1v) is 6.65. The first kappa shape index (κ1) is 14.5. The molecular weight excluding hydrogens is 261 g/mol. The van der Waals surface area contributed by atoms with E-state index in [2.05, 4.69) is 5.32 Å². The van der Waals surface area contributed by atoms with Gasteiger partial charge in [-0.25, -0.2) is 4.39 Å². The molecule has 1 aromatic rings. The summed E-state index contributed by atoms with van der Waals surface area (Å²) in [5.74, 6) is -1.61. The Morgan fingerprint density at radius 2 is 2.15 bits per heavy atom. The second-order valence-corrected chi connectivity index (χ2v) is 5.60. The third kappa shape index (κ3) is 2.53. The van der Waals surface area contributed by atoms with Crippen LogP contribution >= 0.6 is 0 Å². The van der Waals surface area contributed by atoms with E-state index in [1.807, 2.05) is 0 Å². The number of aryl methyl sites for hydroxylation is 1. The van der Waals surface area contributed by atoms with Gasteiger partial charge < -0.3 is 10.4 Å². The number of nitrogens with one attached hydrogen (secondary N) is 1. The Morgan fingerprint density at radius 1 is 1.45 bits per heavy atom. The predicted octanol–water partition coefficient (Wildman–Crippen LogP) is 2.51. The summed E-state index contributed by atoms with van der Waals surface area (Å²) in [6.45, 7) is 3.24. The third-order valence-corrected chi connectivity index (χ3v) is 4.17. The minimum atomic E-state index is -0.926. The Bertz CT molecular complexity index is 558. The second-order valence-electron chi connectivity index (χ2n) is 5.60. The van der Waals surface area contributed by atoms with Gasteiger partial charge in [0, 0.05) is 11.6 Å². The highest BCUT2D eigenvalue weighted by molar-refractivity contribution is 5.95. The summed E-state index contributed by atoms with van der Waals surface area (Å²) in [7, 11) is 0. The monoisotopic (exact) mass is 279 g/mol. The van der Waals surface area contributed by atoms with E-state index >= 15 is 0 Å². The van der Waals surface area contributed by atoms with Crippen LogP contribution < -0.4 is 5.32 Å². The highest BCUT2D eigenvalue weighted by Gasteiger charge is 2.45. The van der Waals surface area contributed by atoms with Crippen molar-refractivity contribution in [3.8, 4) is 0 Å². The van der Waals surface area contributed by atoms with Crippen LogP contribution in [0.2, 0.25) is 0 Å². The molecule has 5 heteroatoms. The van der Waals surface area contributed by atoms with Gasteiger partial charge in [-0.3, -0.25) is 9.59 Å². The summed E-state index contributed by atoms with van der Waals surface area (Å²) in [6, 6.07) is 3.73. The first-order valence-electron chi connectivity index (χ1n) is 6.65. The lowest BCUT2D eigenvalue weighted by Crippen LogP contribution is -2.47. The van der Waals surface area contributed by atoms with Crippen LogP contribution in [0.15, 0.2) is 18.2 Å². The molecular formula is C15H18FNO3. The molecule has 1 aliphatic carbocycles. The molecule has 0 aromatic heterocycles. The topological polar surface area (TPSA) is 66.4 Å². The van der Waals surface area contributed by atoms with Gasteiger partial charge in [-0.15, -0.1) is 0 Å². The number of carboxylic acid groups (broad SMARTS) is 1. The molecule has 2 rings (SSSR count). The molecule has 1 fully saturated rings. The number of rotatable bonds is 3. The predicted molar refractivity (Wildman–Crippen MR) is 72.0 cm³/mol. The van der Waals surface area contributed by atoms with Gasteiger partial charge in [0.15, 0.2) is 0 Å². The average Bonchev–Trinajstić information content (AvgIpc) is 2.75. The molecule has 1 saturated carbocycles. The van der Waals surface area contributed by atoms with Crippen molar-refractivity contribution < 1.29 is 19.1 Å². The van der Waals surface area contributed by atoms with Gasteiger partial charge in [-0.2, -0.15) is 0 Å². The van der Waals surface area contributed by atoms with E-state index in [4.69, 9.17) is 0 Å². The van der Waals surface area contributed by atoms with Crippen molar-refractivity contribution in [2.75, 3.05) is 0 Å². The molecule has 0 radical (unpaired) electrons. The lowest BCUT2D eigenvalue weighted by molar-refractivity contribution is -0.148. The minimum absolute atomic E-state index is 0.350. The number of aliphatic carboxylic acids is 1. The van der Waals surface area contributed by atoms with Gasteiger partial charge in [-0.05, 0) is 50.5 Å². The number of amides is 1. The zero-order valence-electron chi connectivity index (χ0n) is 11.6. The maximum Gasteiger partial charge on any atom is 0.311 e. The van der Waals surface area contributed by atoms with E-state index in [0.29, 0.717) is 24.0 Å². The van der Waals surface area contributed by atoms with Crippen molar-refractivity contribution in [3.63, 3.8) is 0 Å². The maximum absolute atomic E-state index is 13.2. The SMILES string of the molecule is Cc1cc(C(=O)NC2CCCC2(C)C(=O)O)ccc1F. The Hall–Kier alpha value is -1.91. The quantitative estimate of drug-likeness (QED) is 0.893. The van der Waals surface area contributed by atoms with Crippen molar-refractivity contribution in [1.82, 2.24) is 5.32 Å². The van der Waals surface area contributed by atoms with E-state index in [9.17, 15) is 19.1 Å². The Morgan fingerprint density at radius 3 is 2.75 bits per heavy atom. The van der Waals surface area contributed by atoms with Crippen LogP contribution in [0.4, 0.5) is 4.39 Å². The normalized spacial score (nSPS) is 25.4. The fourth-order valence-electron chi connectivity index (χ4n) is 2.68. The lowest BCUT2D eigenvalue weighted by Gasteiger charge is -2.27. The van der Waals surface area contributed by atoms with Crippen molar-refractivity contribution in [1.29, 1.82) is 0 Å². The smallest absolute Gasteiger partial charge is 0.311 e. The van der Waals surface area contributed by atoms with Crippen molar-refractivity contribution in [2.45, 2.75) is 39.2 Å². The van der Waals surface area contributed by atoms with Gasteiger partial charge in [0.2, 0.25) is 0 Å². The van der Waals surface area contributed by atoms with Crippen LogP contribution in [-0.2, 0) is 4.79 Å². The molecule has 1 aromatic carbocycles. The van der Waals surface area contributed by atoms with Gasteiger partial charge in [0.05, 0.1) is 5.41 Å². The molecule has 0 bridgehead atoms. The van der Waals surface area contributed by atoms with Crippen LogP contribution in [0, 0.1) is 18.2 Å². The van der Waals surface area contributed by atoms with Crippen LogP contribution in [0.5, 0.6) is 0 Å². The highest BCUT2D eigenvalue weighted by Crippen LogP contribution is 2.38. The van der Waals surface area contributed by atoms with Crippen LogP contribution in [0.1, 0.15) is 42.1 Å². The summed E-state index contributed by atoms with van der Waals surface area (Å²) in [4.78, 5) is 23.5. The molecule has 1 aliphatic rings. The largest absolute Gasteiger partial charge is 0.481 e. The zero-order valence-corrected chi connectivity index (χ0v) is 11.6. The summed E-state index contributed by atoms with van der Waals surface area (Å²) in [5, 5.41) is 12.1. The molecule has 0 heterocycles. The Labute approximate surface area is 117 Å². The number of benzene rings is 1. The summed E-state index contributed by atoms with van der Waals surface area (Å²) in [5.41, 5.74) is -0.182. The van der Waals surface area contributed by atoms with Crippen LogP contribution in [0.25, 0.3) is 0 Å². The van der Waals surface area contributed by atoms with Crippen molar-refractivity contribution in [2.24, 2.45) is 5.41 Å².